The minimum Gasteiger partial charge on any atom is -0.458 e. The number of aryl methyl sites for hydroxylation is 1. The van der Waals surface area contributed by atoms with Gasteiger partial charge < -0.3 is 14.8 Å². The molecule has 1 unspecified atom stereocenters. The van der Waals surface area contributed by atoms with E-state index >= 15 is 0 Å². The lowest BCUT2D eigenvalue weighted by atomic mass is 9.98. The molecule has 35 heavy (non-hydrogen) atoms. The number of alkyl carbamates (subject to hydrolysis) is 1. The van der Waals surface area contributed by atoms with Crippen molar-refractivity contribution in [2.24, 2.45) is 0 Å². The summed E-state index contributed by atoms with van der Waals surface area (Å²) in [4.78, 5) is 25.6. The summed E-state index contributed by atoms with van der Waals surface area (Å²) in [5.41, 5.74) is 4.21. The van der Waals surface area contributed by atoms with Crippen LogP contribution in [-0.2, 0) is 20.7 Å². The van der Waals surface area contributed by atoms with Gasteiger partial charge in [0.15, 0.2) is 0 Å². The van der Waals surface area contributed by atoms with Crippen LogP contribution in [0.25, 0.3) is 11.1 Å². The average molecular weight is 476 g/mol. The summed E-state index contributed by atoms with van der Waals surface area (Å²) in [7, 11) is 0. The molecule has 0 spiro atoms. The first kappa shape index (κ1) is 24.5. The van der Waals surface area contributed by atoms with Crippen molar-refractivity contribution in [1.82, 2.24) is 5.32 Å². The van der Waals surface area contributed by atoms with Gasteiger partial charge in [0.25, 0.3) is 0 Å². The predicted octanol–water partition coefficient (Wildman–Crippen LogP) is 6.01. The second kappa shape index (κ2) is 10.3. The zero-order chi connectivity index (χ0) is 25.0. The van der Waals surface area contributed by atoms with Crippen LogP contribution in [0.3, 0.4) is 0 Å². The van der Waals surface area contributed by atoms with E-state index in [1.807, 2.05) is 36.4 Å². The Morgan fingerprint density at radius 1 is 0.914 bits per heavy atom. The Hall–Kier alpha value is -3.67. The zero-order valence-corrected chi connectivity index (χ0v) is 20.2. The molecule has 3 aromatic carbocycles. The van der Waals surface area contributed by atoms with Gasteiger partial charge in [-0.15, -0.1) is 0 Å². The molecule has 0 fully saturated rings. The van der Waals surface area contributed by atoms with Crippen molar-refractivity contribution < 1.29 is 23.5 Å². The van der Waals surface area contributed by atoms with Crippen LogP contribution < -0.4 is 5.32 Å². The molecule has 0 saturated carbocycles. The number of halogens is 1. The van der Waals surface area contributed by atoms with Crippen LogP contribution in [0.15, 0.2) is 72.8 Å². The van der Waals surface area contributed by atoms with Crippen molar-refractivity contribution >= 4 is 12.1 Å². The highest BCUT2D eigenvalue weighted by Gasteiger charge is 2.31. The van der Waals surface area contributed by atoms with Crippen molar-refractivity contribution in [2.75, 3.05) is 6.61 Å². The van der Waals surface area contributed by atoms with Crippen molar-refractivity contribution in [3.63, 3.8) is 0 Å². The van der Waals surface area contributed by atoms with Gasteiger partial charge in [0.1, 0.15) is 24.1 Å². The van der Waals surface area contributed by atoms with Gasteiger partial charge in [-0.2, -0.15) is 0 Å². The number of carbonyl (C=O) groups excluding carboxylic acids is 2. The Kier molecular flexibility index (Phi) is 7.20. The molecular weight excluding hydrogens is 445 g/mol. The molecule has 0 saturated heterocycles. The minimum atomic E-state index is -0.968. The molecule has 3 aromatic rings. The normalized spacial score (nSPS) is 13.5. The molecule has 1 N–H and O–H groups in total. The van der Waals surface area contributed by atoms with Gasteiger partial charge >= 0.3 is 12.1 Å². The fraction of sp³-hybridized carbons (Fsp3) is 0.310. The second-order valence-corrected chi connectivity index (χ2v) is 9.69. The number of amides is 1. The summed E-state index contributed by atoms with van der Waals surface area (Å²) < 4.78 is 25.2. The minimum absolute atomic E-state index is 0.0912. The third-order valence-electron chi connectivity index (χ3n) is 5.99. The fourth-order valence-corrected chi connectivity index (χ4v) is 4.41. The van der Waals surface area contributed by atoms with Crippen LogP contribution in [0.2, 0.25) is 0 Å². The Morgan fingerprint density at radius 3 is 2.09 bits per heavy atom. The molecule has 1 aliphatic carbocycles. The highest BCUT2D eigenvalue weighted by Crippen LogP contribution is 2.44. The van der Waals surface area contributed by atoms with E-state index in [9.17, 15) is 14.0 Å². The first-order valence-electron chi connectivity index (χ1n) is 11.8. The zero-order valence-electron chi connectivity index (χ0n) is 20.2. The van der Waals surface area contributed by atoms with E-state index in [0.717, 1.165) is 22.3 Å². The summed E-state index contributed by atoms with van der Waals surface area (Å²) in [5.74, 6) is -1.02. The molecule has 1 aliphatic rings. The maximum absolute atomic E-state index is 14.1. The smallest absolute Gasteiger partial charge is 0.407 e. The van der Waals surface area contributed by atoms with Gasteiger partial charge in [-0.05, 0) is 67.5 Å². The van der Waals surface area contributed by atoms with E-state index in [2.05, 4.69) is 17.4 Å². The highest BCUT2D eigenvalue weighted by molar-refractivity contribution is 5.82. The van der Waals surface area contributed by atoms with Gasteiger partial charge in [-0.1, -0.05) is 66.7 Å². The number of hydrogen-bond donors (Lipinski definition) is 1. The first-order valence-corrected chi connectivity index (χ1v) is 11.8. The van der Waals surface area contributed by atoms with Crippen LogP contribution in [0.1, 0.15) is 49.8 Å². The molecule has 0 heterocycles. The molecule has 0 aliphatic heterocycles. The number of ether oxygens (including phenoxy) is 2. The molecule has 1 atom stereocenters. The number of fused-ring (bicyclic) bond motifs is 3. The van der Waals surface area contributed by atoms with Gasteiger partial charge in [0, 0.05) is 5.92 Å². The van der Waals surface area contributed by atoms with Gasteiger partial charge in [-0.3, -0.25) is 0 Å². The van der Waals surface area contributed by atoms with Gasteiger partial charge in [0.2, 0.25) is 0 Å². The third-order valence-corrected chi connectivity index (χ3v) is 5.99. The monoisotopic (exact) mass is 475 g/mol. The molecule has 4 rings (SSSR count). The van der Waals surface area contributed by atoms with Crippen molar-refractivity contribution in [1.29, 1.82) is 0 Å². The van der Waals surface area contributed by atoms with Crippen molar-refractivity contribution in [2.45, 2.75) is 51.2 Å². The SMILES string of the molecule is CC(C)(C)OC(=O)C(CCc1ccccc1F)NC(=O)OCC1c2ccccc2-c2ccccc21. The van der Waals surface area contributed by atoms with E-state index in [1.54, 1.807) is 39.0 Å². The number of benzene rings is 3. The Bertz CT molecular complexity index is 1170. The quantitative estimate of drug-likeness (QED) is 0.425. The number of nitrogens with one attached hydrogen (secondary N) is 1. The first-order chi connectivity index (χ1) is 16.7. The van der Waals surface area contributed by atoms with Crippen molar-refractivity contribution in [3.05, 3.63) is 95.3 Å². The summed E-state index contributed by atoms with van der Waals surface area (Å²) in [5, 5.41) is 2.64. The maximum atomic E-state index is 14.1. The number of rotatable bonds is 7. The Morgan fingerprint density at radius 2 is 1.49 bits per heavy atom. The Balaban J connectivity index is 1.44. The lowest BCUT2D eigenvalue weighted by Gasteiger charge is -2.25. The molecule has 5 nitrogen and oxygen atoms in total. The van der Waals surface area contributed by atoms with Crippen LogP contribution in [-0.4, -0.2) is 30.3 Å². The summed E-state index contributed by atoms with van der Waals surface area (Å²) in [6, 6.07) is 21.6. The summed E-state index contributed by atoms with van der Waals surface area (Å²) in [6.45, 7) is 5.40. The standard InChI is InChI=1S/C29H30FNO4/c1-29(2,3)35-27(32)26(17-16-19-10-4-9-15-25(19)30)31-28(33)34-18-24-22-13-7-5-11-20(22)21-12-6-8-14-23(21)24/h4-15,24,26H,16-18H2,1-3H3,(H,31,33). The topological polar surface area (TPSA) is 64.6 Å². The van der Waals surface area contributed by atoms with E-state index in [0.29, 0.717) is 5.56 Å². The maximum Gasteiger partial charge on any atom is 0.407 e. The van der Waals surface area contributed by atoms with Crippen LogP contribution in [0, 0.1) is 5.82 Å². The molecule has 6 heteroatoms. The molecule has 0 bridgehead atoms. The summed E-state index contributed by atoms with van der Waals surface area (Å²) >= 11 is 0. The second-order valence-electron chi connectivity index (χ2n) is 9.69. The lowest BCUT2D eigenvalue weighted by Crippen LogP contribution is -2.45. The molecular formula is C29H30FNO4. The van der Waals surface area contributed by atoms with E-state index in [-0.39, 0.29) is 31.2 Å². The number of esters is 1. The van der Waals surface area contributed by atoms with Crippen molar-refractivity contribution in [3.8, 4) is 11.1 Å². The average Bonchev–Trinajstić information content (AvgIpc) is 3.14. The number of hydrogen-bond acceptors (Lipinski definition) is 4. The summed E-state index contributed by atoms with van der Waals surface area (Å²) in [6.07, 6.45) is -0.267. The van der Waals surface area contributed by atoms with Gasteiger partial charge in [0.05, 0.1) is 0 Å². The molecule has 0 aromatic heterocycles. The van der Waals surface area contributed by atoms with Crippen LogP contribution in [0.5, 0.6) is 0 Å². The molecule has 182 valence electrons. The predicted molar refractivity (Wildman–Crippen MR) is 133 cm³/mol. The molecule has 0 radical (unpaired) electrons. The lowest BCUT2D eigenvalue weighted by molar-refractivity contribution is -0.157. The largest absolute Gasteiger partial charge is 0.458 e. The highest BCUT2D eigenvalue weighted by atomic mass is 19.1. The van der Waals surface area contributed by atoms with Gasteiger partial charge in [-0.25, -0.2) is 14.0 Å². The Labute approximate surface area is 205 Å². The molecule has 1 amide bonds. The van der Waals surface area contributed by atoms with Crippen LogP contribution in [0.4, 0.5) is 9.18 Å². The van der Waals surface area contributed by atoms with E-state index in [4.69, 9.17) is 9.47 Å². The van der Waals surface area contributed by atoms with E-state index < -0.39 is 23.7 Å². The van der Waals surface area contributed by atoms with E-state index in [1.165, 1.54) is 6.07 Å². The fourth-order valence-electron chi connectivity index (χ4n) is 4.41. The van der Waals surface area contributed by atoms with Crippen LogP contribution >= 0.6 is 0 Å². The third kappa shape index (κ3) is 5.88. The number of carbonyl (C=O) groups is 2.